The summed E-state index contributed by atoms with van der Waals surface area (Å²) in [5.74, 6) is 6.65. The number of anilines is 2. The van der Waals surface area contributed by atoms with E-state index in [1.54, 1.807) is 12.8 Å². The van der Waals surface area contributed by atoms with Crippen LogP contribution in [-0.2, 0) is 6.42 Å². The summed E-state index contributed by atoms with van der Waals surface area (Å²) in [6.07, 6.45) is 20.4. The molecule has 0 spiro atoms. The maximum atomic E-state index is 6.01. The van der Waals surface area contributed by atoms with Gasteiger partial charge in [-0.2, -0.15) is 0 Å². The summed E-state index contributed by atoms with van der Waals surface area (Å²) in [5.41, 5.74) is 16.2. The molecule has 4 aliphatic rings. The first-order valence-electron chi connectivity index (χ1n) is 15.4. The Morgan fingerprint density at radius 2 is 1.54 bits per heavy atom. The quantitative estimate of drug-likeness (QED) is 0.384. The van der Waals surface area contributed by atoms with E-state index < -0.39 is 0 Å². The van der Waals surface area contributed by atoms with Crippen LogP contribution in [0.3, 0.4) is 0 Å². The third-order valence-corrected chi connectivity index (χ3v) is 12.3. The Kier molecular flexibility index (Phi) is 7.23. The van der Waals surface area contributed by atoms with Crippen molar-refractivity contribution in [3.8, 4) is 0 Å². The van der Waals surface area contributed by atoms with Gasteiger partial charge < -0.3 is 11.5 Å². The van der Waals surface area contributed by atoms with Crippen molar-refractivity contribution < 1.29 is 0 Å². The lowest BCUT2D eigenvalue weighted by molar-refractivity contribution is -0.114. The van der Waals surface area contributed by atoms with E-state index in [2.05, 4.69) is 39.8 Å². The molecule has 1 aromatic rings. The summed E-state index contributed by atoms with van der Waals surface area (Å²) in [5, 5.41) is 0. The zero-order valence-corrected chi connectivity index (χ0v) is 23.3. The van der Waals surface area contributed by atoms with E-state index in [-0.39, 0.29) is 0 Å². The number of nitrogen functional groups attached to an aromatic ring is 2. The zero-order valence-electron chi connectivity index (χ0n) is 23.3. The molecule has 0 aromatic heterocycles. The minimum Gasteiger partial charge on any atom is -0.399 e. The van der Waals surface area contributed by atoms with Crippen molar-refractivity contribution in [2.75, 3.05) is 11.5 Å². The van der Waals surface area contributed by atoms with Crippen LogP contribution < -0.4 is 11.5 Å². The van der Waals surface area contributed by atoms with Crippen LogP contribution in [0.4, 0.5) is 11.4 Å². The number of hydrogen-bond acceptors (Lipinski definition) is 2. The first-order chi connectivity index (χ1) is 16.7. The van der Waals surface area contributed by atoms with E-state index in [0.29, 0.717) is 16.7 Å². The second kappa shape index (κ2) is 9.94. The molecule has 196 valence electrons. The second-order valence-electron chi connectivity index (χ2n) is 14.4. The average Bonchev–Trinajstić information content (AvgIpc) is 3.15. The van der Waals surface area contributed by atoms with Gasteiger partial charge in [0, 0.05) is 11.4 Å². The molecule has 4 aliphatic carbocycles. The molecule has 4 N–H and O–H groups in total. The lowest BCUT2D eigenvalue weighted by Crippen LogP contribution is -2.53. The maximum absolute atomic E-state index is 6.01. The van der Waals surface area contributed by atoms with E-state index in [0.717, 1.165) is 53.3 Å². The van der Waals surface area contributed by atoms with Crippen molar-refractivity contribution in [3.05, 3.63) is 23.8 Å². The van der Waals surface area contributed by atoms with E-state index >= 15 is 0 Å². The maximum Gasteiger partial charge on any atom is 0.0337 e. The van der Waals surface area contributed by atoms with Gasteiger partial charge in [-0.15, -0.1) is 0 Å². The van der Waals surface area contributed by atoms with Gasteiger partial charge in [0.15, 0.2) is 0 Å². The summed E-state index contributed by atoms with van der Waals surface area (Å²) < 4.78 is 0. The third kappa shape index (κ3) is 4.77. The van der Waals surface area contributed by atoms with Crippen LogP contribution in [0.5, 0.6) is 0 Å². The van der Waals surface area contributed by atoms with E-state index in [1.807, 2.05) is 6.07 Å². The highest BCUT2D eigenvalue weighted by Gasteiger charge is 2.60. The molecule has 0 bridgehead atoms. The van der Waals surface area contributed by atoms with Gasteiger partial charge in [-0.25, -0.2) is 0 Å². The lowest BCUT2D eigenvalue weighted by Gasteiger charge is -2.61. The first-order valence-corrected chi connectivity index (χ1v) is 15.4. The Labute approximate surface area is 216 Å². The SMILES string of the molecule is CC(CCC[C@@H](C)[C@H]1CC[C@H]2[C@@H]3CCC4CCCC[C@]4(C)[C@H]3CC[C@]12C)Cc1cc(N)cc(N)c1. The smallest absolute Gasteiger partial charge is 0.0337 e. The van der Waals surface area contributed by atoms with Gasteiger partial charge in [0.1, 0.15) is 0 Å². The molecule has 5 rings (SSSR count). The lowest BCUT2D eigenvalue weighted by atomic mass is 9.44. The number of nitrogens with two attached hydrogens (primary N) is 2. The van der Waals surface area contributed by atoms with Crippen molar-refractivity contribution >= 4 is 11.4 Å². The molecule has 2 unspecified atom stereocenters. The van der Waals surface area contributed by atoms with Gasteiger partial charge in [0.2, 0.25) is 0 Å². The monoisotopic (exact) mass is 478 g/mol. The molecule has 2 heteroatoms. The molecule has 4 saturated carbocycles. The molecule has 2 nitrogen and oxygen atoms in total. The highest BCUT2D eigenvalue weighted by Crippen LogP contribution is 2.68. The summed E-state index contributed by atoms with van der Waals surface area (Å²) in [4.78, 5) is 0. The molecule has 1 aromatic carbocycles. The van der Waals surface area contributed by atoms with Crippen LogP contribution in [0.2, 0.25) is 0 Å². The Balaban J connectivity index is 1.16. The number of benzene rings is 1. The Hall–Kier alpha value is -1.18. The Bertz CT molecular complexity index is 858. The Morgan fingerprint density at radius 1 is 0.800 bits per heavy atom. The molecule has 0 amide bonds. The number of rotatable bonds is 7. The van der Waals surface area contributed by atoms with Crippen LogP contribution in [0.1, 0.15) is 117 Å². The van der Waals surface area contributed by atoms with E-state index in [1.165, 1.54) is 76.2 Å². The fourth-order valence-electron chi connectivity index (χ4n) is 10.6. The van der Waals surface area contributed by atoms with Gasteiger partial charge >= 0.3 is 0 Å². The van der Waals surface area contributed by atoms with Crippen LogP contribution in [-0.4, -0.2) is 0 Å². The van der Waals surface area contributed by atoms with Gasteiger partial charge in [-0.05, 0) is 134 Å². The molecule has 0 saturated heterocycles. The topological polar surface area (TPSA) is 52.0 Å². The zero-order chi connectivity index (χ0) is 24.8. The van der Waals surface area contributed by atoms with Crippen molar-refractivity contribution in [2.24, 2.45) is 52.3 Å². The standard InChI is InChI=1S/C33H54N2/c1-22(18-24-19-26(34)21-27(35)20-24)8-7-9-23(2)29-13-14-30-28-12-11-25-10-5-6-16-32(25,3)31(28)15-17-33(29,30)4/h19-23,25,28-31H,5-18,34-35H2,1-4H3/t22?,23-,25?,28+,29-,30+,31+,32+,33-/m1/s1. The minimum atomic E-state index is 0.614. The summed E-state index contributed by atoms with van der Waals surface area (Å²) in [6.45, 7) is 10.5. The van der Waals surface area contributed by atoms with Crippen molar-refractivity contribution in [2.45, 2.75) is 118 Å². The van der Waals surface area contributed by atoms with Crippen molar-refractivity contribution in [3.63, 3.8) is 0 Å². The highest BCUT2D eigenvalue weighted by molar-refractivity contribution is 5.54. The van der Waals surface area contributed by atoms with Crippen molar-refractivity contribution in [1.82, 2.24) is 0 Å². The fourth-order valence-corrected chi connectivity index (χ4v) is 10.6. The van der Waals surface area contributed by atoms with E-state index in [9.17, 15) is 0 Å². The van der Waals surface area contributed by atoms with Crippen LogP contribution in [0, 0.1) is 52.3 Å². The van der Waals surface area contributed by atoms with Gasteiger partial charge in [-0.1, -0.05) is 59.8 Å². The molecular weight excluding hydrogens is 424 g/mol. The molecule has 0 radical (unpaired) electrons. The molecular formula is C33H54N2. The molecule has 4 fully saturated rings. The normalized spacial score (nSPS) is 40.4. The van der Waals surface area contributed by atoms with Crippen LogP contribution in [0.15, 0.2) is 18.2 Å². The first kappa shape index (κ1) is 25.5. The molecule has 0 aliphatic heterocycles. The van der Waals surface area contributed by atoms with Crippen molar-refractivity contribution in [1.29, 1.82) is 0 Å². The van der Waals surface area contributed by atoms with E-state index in [4.69, 9.17) is 11.5 Å². The van der Waals surface area contributed by atoms with Crippen LogP contribution >= 0.6 is 0 Å². The third-order valence-electron chi connectivity index (χ3n) is 12.3. The predicted octanol–water partition coefficient (Wildman–Crippen LogP) is 8.89. The summed E-state index contributed by atoms with van der Waals surface area (Å²) >= 11 is 0. The number of fused-ring (bicyclic) bond motifs is 5. The highest BCUT2D eigenvalue weighted by atomic mass is 14.6. The van der Waals surface area contributed by atoms with Gasteiger partial charge in [0.05, 0.1) is 0 Å². The van der Waals surface area contributed by atoms with Crippen LogP contribution in [0.25, 0.3) is 0 Å². The van der Waals surface area contributed by atoms with Gasteiger partial charge in [0.25, 0.3) is 0 Å². The largest absolute Gasteiger partial charge is 0.399 e. The summed E-state index contributed by atoms with van der Waals surface area (Å²) in [6, 6.07) is 6.07. The molecule has 9 atom stereocenters. The predicted molar refractivity (Wildman–Crippen MR) is 151 cm³/mol. The number of hydrogen-bond donors (Lipinski definition) is 2. The minimum absolute atomic E-state index is 0.614. The Morgan fingerprint density at radius 3 is 2.31 bits per heavy atom. The molecule has 35 heavy (non-hydrogen) atoms. The average molecular weight is 479 g/mol. The summed E-state index contributed by atoms with van der Waals surface area (Å²) in [7, 11) is 0. The van der Waals surface area contributed by atoms with Gasteiger partial charge in [-0.3, -0.25) is 0 Å². The fraction of sp³-hybridized carbons (Fsp3) is 0.818. The molecule has 0 heterocycles. The second-order valence-corrected chi connectivity index (χ2v) is 14.4.